The molecule has 0 aliphatic carbocycles. The number of hydrogen-bond donors (Lipinski definition) is 2. The van der Waals surface area contributed by atoms with Crippen molar-refractivity contribution in [3.8, 4) is 0 Å². The van der Waals surface area contributed by atoms with Crippen molar-refractivity contribution < 1.29 is 19.4 Å². The molecular weight excluding hydrogens is 304 g/mol. The monoisotopic (exact) mass is 318 g/mol. The molecule has 0 saturated heterocycles. The van der Waals surface area contributed by atoms with E-state index >= 15 is 0 Å². The second-order valence-corrected chi connectivity index (χ2v) is 5.27. The summed E-state index contributed by atoms with van der Waals surface area (Å²) < 4.78 is 4.90. The first-order valence-corrected chi connectivity index (χ1v) is 7.18. The molecule has 2 aromatic rings. The van der Waals surface area contributed by atoms with Crippen LogP contribution in [-0.4, -0.2) is 29.1 Å². The summed E-state index contributed by atoms with van der Waals surface area (Å²) in [7, 11) is 1.45. The number of nitrogens with one attached hydrogen (secondary N) is 1. The van der Waals surface area contributed by atoms with Crippen LogP contribution in [0.4, 0.5) is 5.13 Å². The second-order valence-electron chi connectivity index (χ2n) is 4.27. The van der Waals surface area contributed by atoms with E-state index in [1.807, 2.05) is 30.3 Å². The van der Waals surface area contributed by atoms with Crippen LogP contribution in [0.3, 0.4) is 0 Å². The molecule has 2 N–H and O–H groups in total. The van der Waals surface area contributed by atoms with Crippen molar-refractivity contribution in [2.24, 2.45) is 0 Å². The number of rotatable bonds is 6. The summed E-state index contributed by atoms with van der Waals surface area (Å²) in [5.41, 5.74) is 1.19. The fraction of sp³-hybridized carbons (Fsp3) is 0.133. The molecule has 22 heavy (non-hydrogen) atoms. The molecule has 1 aromatic carbocycles. The SMILES string of the molecule is COCc1nc(NC(=O)/C=C/c2ccccc2)sc1C(=O)O. The number of benzene rings is 1. The highest BCUT2D eigenvalue weighted by molar-refractivity contribution is 7.17. The van der Waals surface area contributed by atoms with E-state index in [9.17, 15) is 9.59 Å². The molecule has 0 aliphatic heterocycles. The average molecular weight is 318 g/mol. The minimum absolute atomic E-state index is 0.0594. The van der Waals surface area contributed by atoms with Gasteiger partial charge in [-0.25, -0.2) is 9.78 Å². The van der Waals surface area contributed by atoms with Crippen LogP contribution in [0.2, 0.25) is 0 Å². The van der Waals surface area contributed by atoms with Crippen LogP contribution in [0.5, 0.6) is 0 Å². The summed E-state index contributed by atoms with van der Waals surface area (Å²) in [5.74, 6) is -1.47. The number of carbonyl (C=O) groups is 2. The third kappa shape index (κ3) is 4.24. The van der Waals surface area contributed by atoms with Gasteiger partial charge in [0.2, 0.25) is 5.91 Å². The Morgan fingerprint density at radius 2 is 2.09 bits per heavy atom. The summed E-state index contributed by atoms with van der Waals surface area (Å²) in [5, 5.41) is 11.9. The van der Waals surface area contributed by atoms with Gasteiger partial charge in [-0.05, 0) is 11.6 Å². The molecule has 0 saturated carbocycles. The van der Waals surface area contributed by atoms with Crippen LogP contribution in [-0.2, 0) is 16.1 Å². The maximum absolute atomic E-state index is 11.8. The Labute approximate surface area is 131 Å². The van der Waals surface area contributed by atoms with Crippen molar-refractivity contribution in [1.29, 1.82) is 0 Å². The molecule has 0 spiro atoms. The number of anilines is 1. The van der Waals surface area contributed by atoms with Gasteiger partial charge < -0.3 is 9.84 Å². The Hall–Kier alpha value is -2.51. The molecule has 1 amide bonds. The first-order chi connectivity index (χ1) is 10.6. The normalized spacial score (nSPS) is 10.8. The Kier molecular flexibility index (Phi) is 5.40. The number of aromatic carboxylic acids is 1. The van der Waals surface area contributed by atoms with Crippen LogP contribution in [0.15, 0.2) is 36.4 Å². The van der Waals surface area contributed by atoms with Gasteiger partial charge in [-0.3, -0.25) is 10.1 Å². The summed E-state index contributed by atoms with van der Waals surface area (Å²) >= 11 is 0.901. The molecule has 0 aliphatic rings. The van der Waals surface area contributed by atoms with Gasteiger partial charge in [0.25, 0.3) is 0 Å². The Bertz CT molecular complexity index is 695. The Balaban J connectivity index is 2.07. The van der Waals surface area contributed by atoms with Crippen molar-refractivity contribution in [3.63, 3.8) is 0 Å². The highest BCUT2D eigenvalue weighted by Crippen LogP contribution is 2.23. The lowest BCUT2D eigenvalue weighted by atomic mass is 10.2. The van der Waals surface area contributed by atoms with E-state index in [-0.39, 0.29) is 22.5 Å². The zero-order valence-electron chi connectivity index (χ0n) is 11.8. The fourth-order valence-corrected chi connectivity index (χ4v) is 2.50. The molecule has 0 atom stereocenters. The van der Waals surface area contributed by atoms with E-state index in [1.165, 1.54) is 13.2 Å². The lowest BCUT2D eigenvalue weighted by Crippen LogP contribution is -2.07. The molecule has 1 heterocycles. The Morgan fingerprint density at radius 3 is 2.73 bits per heavy atom. The number of carboxylic acid groups (broad SMARTS) is 1. The smallest absolute Gasteiger partial charge is 0.347 e. The van der Waals surface area contributed by atoms with Gasteiger partial charge in [-0.15, -0.1) is 0 Å². The standard InChI is InChI=1S/C15H14N2O4S/c1-21-9-11-13(14(19)20)22-15(16-11)17-12(18)8-7-10-5-3-2-4-6-10/h2-8H,9H2,1H3,(H,19,20)(H,16,17,18)/b8-7+. The van der Waals surface area contributed by atoms with Crippen molar-refractivity contribution in [2.45, 2.75) is 6.61 Å². The van der Waals surface area contributed by atoms with Gasteiger partial charge in [0.05, 0.1) is 12.3 Å². The van der Waals surface area contributed by atoms with Crippen LogP contribution >= 0.6 is 11.3 Å². The average Bonchev–Trinajstić information content (AvgIpc) is 2.89. The van der Waals surface area contributed by atoms with Gasteiger partial charge >= 0.3 is 5.97 Å². The molecule has 2 rings (SSSR count). The van der Waals surface area contributed by atoms with Gasteiger partial charge in [0.1, 0.15) is 4.88 Å². The lowest BCUT2D eigenvalue weighted by molar-refractivity contribution is -0.111. The number of thiazole rings is 1. The summed E-state index contributed by atoms with van der Waals surface area (Å²) in [6, 6.07) is 9.36. The molecule has 0 fully saturated rings. The quantitative estimate of drug-likeness (QED) is 0.799. The third-order valence-electron chi connectivity index (χ3n) is 2.63. The molecule has 0 bridgehead atoms. The number of aromatic nitrogens is 1. The first kappa shape index (κ1) is 15.9. The van der Waals surface area contributed by atoms with E-state index in [1.54, 1.807) is 6.08 Å². The number of methoxy groups -OCH3 is 1. The largest absolute Gasteiger partial charge is 0.477 e. The highest BCUT2D eigenvalue weighted by Gasteiger charge is 2.17. The molecule has 0 radical (unpaired) electrons. The fourth-order valence-electron chi connectivity index (χ4n) is 1.69. The second kappa shape index (κ2) is 7.48. The first-order valence-electron chi connectivity index (χ1n) is 6.36. The number of carboxylic acids is 1. The van der Waals surface area contributed by atoms with Gasteiger partial charge in [-0.1, -0.05) is 41.7 Å². The van der Waals surface area contributed by atoms with Crippen molar-refractivity contribution in [3.05, 3.63) is 52.5 Å². The van der Waals surface area contributed by atoms with Gasteiger partial charge in [-0.2, -0.15) is 0 Å². The molecule has 114 valence electrons. The summed E-state index contributed by atoms with van der Waals surface area (Å²) in [4.78, 5) is 27.0. The predicted molar refractivity (Wildman–Crippen MR) is 83.9 cm³/mol. The van der Waals surface area contributed by atoms with Crippen LogP contribution in [0, 0.1) is 0 Å². The molecule has 0 unspecified atom stereocenters. The maximum Gasteiger partial charge on any atom is 0.347 e. The zero-order chi connectivity index (χ0) is 15.9. The number of hydrogen-bond acceptors (Lipinski definition) is 5. The minimum atomic E-state index is -1.09. The van der Waals surface area contributed by atoms with E-state index in [4.69, 9.17) is 9.84 Å². The molecule has 7 heteroatoms. The third-order valence-corrected chi connectivity index (χ3v) is 3.63. The number of amides is 1. The molecular formula is C15H14N2O4S. The van der Waals surface area contributed by atoms with Crippen molar-refractivity contribution in [2.75, 3.05) is 12.4 Å². The topological polar surface area (TPSA) is 88.5 Å². The summed E-state index contributed by atoms with van der Waals surface area (Å²) in [6.45, 7) is 0.0772. The number of nitrogens with zero attached hydrogens (tertiary/aromatic N) is 1. The molecule has 1 aromatic heterocycles. The highest BCUT2D eigenvalue weighted by atomic mass is 32.1. The van der Waals surface area contributed by atoms with Crippen LogP contribution < -0.4 is 5.32 Å². The van der Waals surface area contributed by atoms with Crippen LogP contribution in [0.25, 0.3) is 6.08 Å². The summed E-state index contributed by atoms with van der Waals surface area (Å²) in [6.07, 6.45) is 3.03. The van der Waals surface area contributed by atoms with E-state index in [0.29, 0.717) is 5.69 Å². The van der Waals surface area contributed by atoms with E-state index in [2.05, 4.69) is 10.3 Å². The van der Waals surface area contributed by atoms with Crippen molar-refractivity contribution in [1.82, 2.24) is 4.98 Å². The zero-order valence-corrected chi connectivity index (χ0v) is 12.6. The predicted octanol–water partition coefficient (Wildman–Crippen LogP) is 2.64. The Morgan fingerprint density at radius 1 is 1.36 bits per heavy atom. The van der Waals surface area contributed by atoms with E-state index < -0.39 is 5.97 Å². The number of carbonyl (C=O) groups excluding carboxylic acids is 1. The van der Waals surface area contributed by atoms with Crippen molar-refractivity contribution >= 4 is 34.4 Å². The number of ether oxygens (including phenoxy) is 1. The maximum atomic E-state index is 11.8. The van der Waals surface area contributed by atoms with Gasteiger partial charge in [0, 0.05) is 13.2 Å². The minimum Gasteiger partial charge on any atom is -0.477 e. The van der Waals surface area contributed by atoms with Crippen LogP contribution in [0.1, 0.15) is 20.9 Å². The molecule has 6 nitrogen and oxygen atoms in total. The van der Waals surface area contributed by atoms with Gasteiger partial charge in [0.15, 0.2) is 5.13 Å². The van der Waals surface area contributed by atoms with E-state index in [0.717, 1.165) is 16.9 Å². The lowest BCUT2D eigenvalue weighted by Gasteiger charge is -1.96.